The highest BCUT2D eigenvalue weighted by Crippen LogP contribution is 2.09. The van der Waals surface area contributed by atoms with Crippen LogP contribution in [0, 0.1) is 4.77 Å². The van der Waals surface area contributed by atoms with Crippen LogP contribution in [-0.4, -0.2) is 39.4 Å². The van der Waals surface area contributed by atoms with Gasteiger partial charge < -0.3 is 4.74 Å². The molecule has 2 aromatic carbocycles. The monoisotopic (exact) mass is 354 g/mol. The van der Waals surface area contributed by atoms with Crippen LogP contribution in [0.3, 0.4) is 0 Å². The van der Waals surface area contributed by atoms with Crippen molar-refractivity contribution < 1.29 is 4.74 Å². The molecule has 0 atom stereocenters. The molecule has 0 N–H and O–H groups in total. The van der Waals surface area contributed by atoms with Crippen molar-refractivity contribution in [1.82, 2.24) is 19.2 Å². The molecule has 0 unspecified atom stereocenters. The van der Waals surface area contributed by atoms with Crippen LogP contribution in [0.15, 0.2) is 67.0 Å². The van der Waals surface area contributed by atoms with Crippen LogP contribution in [0.2, 0.25) is 0 Å². The van der Waals surface area contributed by atoms with E-state index in [4.69, 9.17) is 17.0 Å². The smallest absolute Gasteiger partial charge is 0.203 e. The molecule has 0 radical (unpaired) electrons. The molecule has 1 aromatic heterocycles. The van der Waals surface area contributed by atoms with Crippen molar-refractivity contribution in [3.05, 3.63) is 71.8 Å². The van der Waals surface area contributed by atoms with Gasteiger partial charge in [0, 0.05) is 12.2 Å². The van der Waals surface area contributed by atoms with Gasteiger partial charge in [-0.25, -0.2) is 4.68 Å². The largest absolute Gasteiger partial charge is 0.494 e. The van der Waals surface area contributed by atoms with E-state index in [2.05, 4.69) is 17.0 Å². The minimum absolute atomic E-state index is 0.657. The van der Waals surface area contributed by atoms with Gasteiger partial charge in [0.15, 0.2) is 0 Å². The van der Waals surface area contributed by atoms with Gasteiger partial charge in [0.2, 0.25) is 4.77 Å². The Bertz CT molecular complexity index is 829. The van der Waals surface area contributed by atoms with Gasteiger partial charge in [-0.2, -0.15) is 5.10 Å². The van der Waals surface area contributed by atoms with Crippen LogP contribution < -0.4 is 4.74 Å². The number of nitrogens with zero attached hydrogens (tertiary/aromatic N) is 4. The minimum Gasteiger partial charge on any atom is -0.494 e. The Balaban J connectivity index is 1.49. The summed E-state index contributed by atoms with van der Waals surface area (Å²) >= 11 is 5.54. The highest BCUT2D eigenvalue weighted by molar-refractivity contribution is 7.71. The first-order valence-corrected chi connectivity index (χ1v) is 8.71. The molecular formula is C19H22N4OS. The van der Waals surface area contributed by atoms with Crippen LogP contribution in [0.25, 0.3) is 5.69 Å². The van der Waals surface area contributed by atoms with E-state index in [1.54, 1.807) is 6.33 Å². The molecule has 0 bridgehead atoms. The van der Waals surface area contributed by atoms with Crippen LogP contribution in [0.4, 0.5) is 0 Å². The topological polar surface area (TPSA) is 35.2 Å². The number of hydrogen-bond acceptors (Lipinski definition) is 4. The van der Waals surface area contributed by atoms with E-state index in [1.165, 1.54) is 0 Å². The first-order valence-electron chi connectivity index (χ1n) is 8.30. The number of benzene rings is 2. The molecule has 0 saturated carbocycles. The van der Waals surface area contributed by atoms with Gasteiger partial charge >= 0.3 is 0 Å². The first kappa shape index (κ1) is 17.4. The summed E-state index contributed by atoms with van der Waals surface area (Å²) in [5.41, 5.74) is 1.03. The van der Waals surface area contributed by atoms with Crippen molar-refractivity contribution in [3.8, 4) is 11.4 Å². The summed E-state index contributed by atoms with van der Waals surface area (Å²) in [5, 5.41) is 4.41. The number of ether oxygens (including phenoxy) is 1. The van der Waals surface area contributed by atoms with Gasteiger partial charge in [-0.1, -0.05) is 36.4 Å². The predicted molar refractivity (Wildman–Crippen MR) is 102 cm³/mol. The van der Waals surface area contributed by atoms with Gasteiger partial charge in [-0.15, -0.1) is 0 Å². The van der Waals surface area contributed by atoms with Crippen molar-refractivity contribution in [2.45, 2.75) is 13.1 Å². The summed E-state index contributed by atoms with van der Waals surface area (Å²) in [6.45, 7) is 2.26. The molecular weight excluding hydrogens is 332 g/mol. The predicted octanol–water partition coefficient (Wildman–Crippen LogP) is 3.76. The van der Waals surface area contributed by atoms with E-state index >= 15 is 0 Å². The lowest BCUT2D eigenvalue weighted by Crippen LogP contribution is -2.25. The standard InChI is InChI=1S/C19H22N4OS/c1-21(13-8-14-24-18-11-6-3-7-12-18)16-23-19(25)22(15-20-23)17-9-4-2-5-10-17/h2-7,9-12,15H,8,13-14,16H2,1H3. The van der Waals surface area contributed by atoms with E-state index in [-0.39, 0.29) is 0 Å². The van der Waals surface area contributed by atoms with Crippen molar-refractivity contribution in [3.63, 3.8) is 0 Å². The van der Waals surface area contributed by atoms with Gasteiger partial charge in [0.05, 0.1) is 13.3 Å². The Morgan fingerprint density at radius 2 is 1.72 bits per heavy atom. The molecule has 25 heavy (non-hydrogen) atoms. The minimum atomic E-state index is 0.657. The van der Waals surface area contributed by atoms with E-state index < -0.39 is 0 Å². The average Bonchev–Trinajstić information content (AvgIpc) is 3.01. The van der Waals surface area contributed by atoms with Crippen molar-refractivity contribution >= 4 is 12.2 Å². The maximum atomic E-state index is 5.72. The molecule has 1 heterocycles. The van der Waals surface area contributed by atoms with Gasteiger partial charge in [-0.05, 0) is 50.0 Å². The fraction of sp³-hybridized carbons (Fsp3) is 0.263. The second kappa shape index (κ2) is 8.60. The lowest BCUT2D eigenvalue weighted by molar-refractivity contribution is 0.221. The third-order valence-corrected chi connectivity index (χ3v) is 4.25. The highest BCUT2D eigenvalue weighted by atomic mass is 32.1. The van der Waals surface area contributed by atoms with Gasteiger partial charge in [-0.3, -0.25) is 9.47 Å². The van der Waals surface area contributed by atoms with Crippen LogP contribution in [0.5, 0.6) is 5.75 Å². The molecule has 0 aliphatic carbocycles. The van der Waals surface area contributed by atoms with Crippen LogP contribution in [0.1, 0.15) is 6.42 Å². The molecule has 5 nitrogen and oxygen atoms in total. The van der Waals surface area contributed by atoms with E-state index in [1.807, 2.05) is 69.9 Å². The fourth-order valence-electron chi connectivity index (χ4n) is 2.54. The van der Waals surface area contributed by atoms with E-state index in [0.717, 1.165) is 24.4 Å². The molecule has 0 saturated heterocycles. The summed E-state index contributed by atoms with van der Waals surface area (Å²) in [4.78, 5) is 2.19. The molecule has 0 fully saturated rings. The summed E-state index contributed by atoms with van der Waals surface area (Å²) < 4.78 is 10.2. The van der Waals surface area contributed by atoms with Crippen molar-refractivity contribution in [2.24, 2.45) is 0 Å². The van der Waals surface area contributed by atoms with E-state index in [9.17, 15) is 0 Å². The zero-order valence-electron chi connectivity index (χ0n) is 14.3. The molecule has 3 aromatic rings. The lowest BCUT2D eigenvalue weighted by Gasteiger charge is -2.16. The molecule has 0 amide bonds. The number of para-hydroxylation sites is 2. The third-order valence-electron chi connectivity index (χ3n) is 3.84. The van der Waals surface area contributed by atoms with E-state index in [0.29, 0.717) is 18.0 Å². The summed E-state index contributed by atoms with van der Waals surface area (Å²) in [6, 6.07) is 19.9. The maximum Gasteiger partial charge on any atom is 0.203 e. The zero-order valence-corrected chi connectivity index (χ0v) is 15.1. The van der Waals surface area contributed by atoms with Crippen molar-refractivity contribution in [2.75, 3.05) is 20.2 Å². The Morgan fingerprint density at radius 1 is 1.04 bits per heavy atom. The Labute approximate surface area is 153 Å². The highest BCUT2D eigenvalue weighted by Gasteiger charge is 2.06. The molecule has 3 rings (SSSR count). The molecule has 6 heteroatoms. The Morgan fingerprint density at radius 3 is 2.44 bits per heavy atom. The lowest BCUT2D eigenvalue weighted by atomic mass is 10.3. The average molecular weight is 354 g/mol. The van der Waals surface area contributed by atoms with Crippen LogP contribution >= 0.6 is 12.2 Å². The summed E-state index contributed by atoms with van der Waals surface area (Å²) in [6.07, 6.45) is 2.71. The SMILES string of the molecule is CN(CCCOc1ccccc1)Cn1ncn(-c2ccccc2)c1=S. The van der Waals surface area contributed by atoms with Gasteiger partial charge in [0.1, 0.15) is 12.1 Å². The Hall–Kier alpha value is -2.44. The summed E-state index contributed by atoms with van der Waals surface area (Å²) in [7, 11) is 2.06. The van der Waals surface area contributed by atoms with Crippen LogP contribution in [-0.2, 0) is 6.67 Å². The zero-order chi connectivity index (χ0) is 17.5. The third kappa shape index (κ3) is 4.78. The number of aromatic nitrogens is 3. The normalized spacial score (nSPS) is 11.0. The summed E-state index contributed by atoms with van der Waals surface area (Å²) in [5.74, 6) is 0.911. The quantitative estimate of drug-likeness (QED) is 0.456. The van der Waals surface area contributed by atoms with Gasteiger partial charge in [0.25, 0.3) is 0 Å². The maximum absolute atomic E-state index is 5.72. The molecule has 0 spiro atoms. The Kier molecular flexibility index (Phi) is 5.98. The molecule has 0 aliphatic rings. The second-order valence-corrected chi connectivity index (χ2v) is 6.22. The second-order valence-electron chi connectivity index (χ2n) is 5.85. The molecule has 0 aliphatic heterocycles. The number of rotatable bonds is 8. The first-order chi connectivity index (χ1) is 12.2. The van der Waals surface area contributed by atoms with Crippen molar-refractivity contribution in [1.29, 1.82) is 0 Å². The number of hydrogen-bond donors (Lipinski definition) is 0. The molecule has 130 valence electrons. The fourth-order valence-corrected chi connectivity index (χ4v) is 2.80.